The number of phenolic OH excluding ortho intramolecular Hbond substituents is 1. The predicted molar refractivity (Wildman–Crippen MR) is 94.5 cm³/mol. The number of alkyl halides is 3. The third kappa shape index (κ3) is 4.46. The second kappa shape index (κ2) is 7.40. The Balaban J connectivity index is 1.73. The summed E-state index contributed by atoms with van der Waals surface area (Å²) < 4.78 is 43.2. The molecule has 0 unspecified atom stereocenters. The summed E-state index contributed by atoms with van der Waals surface area (Å²) in [5, 5.41) is 9.69. The number of phenols is 1. The number of nitrogens with zero attached hydrogens (tertiary/aromatic N) is 1. The lowest BCUT2D eigenvalue weighted by molar-refractivity contribution is -0.137. The van der Waals surface area contributed by atoms with E-state index in [1.165, 1.54) is 24.3 Å². The van der Waals surface area contributed by atoms with Crippen LogP contribution in [0.25, 0.3) is 10.6 Å². The summed E-state index contributed by atoms with van der Waals surface area (Å²) in [4.78, 5) is 16.8. The van der Waals surface area contributed by atoms with Gasteiger partial charge in [0.05, 0.1) is 11.3 Å². The molecule has 0 fully saturated rings. The van der Waals surface area contributed by atoms with Crippen molar-refractivity contribution in [2.75, 3.05) is 0 Å². The summed E-state index contributed by atoms with van der Waals surface area (Å²) in [7, 11) is 0. The van der Waals surface area contributed by atoms with Crippen molar-refractivity contribution in [3.05, 3.63) is 70.2 Å². The van der Waals surface area contributed by atoms with E-state index in [4.69, 9.17) is 4.74 Å². The second-order valence-corrected chi connectivity index (χ2v) is 6.75. The molecule has 0 atom stereocenters. The minimum atomic E-state index is -4.40. The Bertz CT molecular complexity index is 948. The summed E-state index contributed by atoms with van der Waals surface area (Å²) in [5.74, 6) is -0.444. The molecular formula is C19H14F3NO3S. The number of esters is 1. The maximum atomic E-state index is 12.7. The molecule has 0 amide bonds. The van der Waals surface area contributed by atoms with E-state index in [0.717, 1.165) is 23.5 Å². The van der Waals surface area contributed by atoms with Crippen molar-refractivity contribution in [1.82, 2.24) is 4.98 Å². The maximum absolute atomic E-state index is 12.7. The van der Waals surface area contributed by atoms with E-state index in [9.17, 15) is 23.1 Å². The van der Waals surface area contributed by atoms with Gasteiger partial charge in [-0.05, 0) is 36.8 Å². The van der Waals surface area contributed by atoms with Gasteiger partial charge in [-0.2, -0.15) is 13.2 Å². The highest BCUT2D eigenvalue weighted by atomic mass is 32.1. The lowest BCUT2D eigenvalue weighted by Gasteiger charge is -2.06. The normalized spacial score (nSPS) is 11.4. The van der Waals surface area contributed by atoms with Crippen molar-refractivity contribution in [3.8, 4) is 16.3 Å². The van der Waals surface area contributed by atoms with Crippen LogP contribution in [-0.4, -0.2) is 16.1 Å². The van der Waals surface area contributed by atoms with Gasteiger partial charge in [0.2, 0.25) is 0 Å². The zero-order chi connectivity index (χ0) is 19.6. The third-order valence-electron chi connectivity index (χ3n) is 3.75. The van der Waals surface area contributed by atoms with E-state index in [-0.39, 0.29) is 12.4 Å². The topological polar surface area (TPSA) is 59.4 Å². The van der Waals surface area contributed by atoms with Crippen LogP contribution in [0.5, 0.6) is 5.75 Å². The highest BCUT2D eigenvalue weighted by molar-refractivity contribution is 7.17. The maximum Gasteiger partial charge on any atom is 0.416 e. The van der Waals surface area contributed by atoms with Crippen LogP contribution in [0.4, 0.5) is 13.2 Å². The third-order valence-corrected chi connectivity index (χ3v) is 4.93. The zero-order valence-electron chi connectivity index (χ0n) is 14.1. The molecule has 0 saturated carbocycles. The van der Waals surface area contributed by atoms with Crippen molar-refractivity contribution in [2.24, 2.45) is 0 Å². The smallest absolute Gasteiger partial charge is 0.416 e. The standard InChI is InChI=1S/C19H14F3NO3S/c1-11-16(18(25)26-10-12-2-8-15(24)9-3-12)27-17(23-11)13-4-6-14(7-5-13)19(20,21)22/h2-9,24H,10H2,1H3. The largest absolute Gasteiger partial charge is 0.508 e. The average Bonchev–Trinajstić information content (AvgIpc) is 3.02. The fraction of sp³-hybridized carbons (Fsp3) is 0.158. The molecule has 0 bridgehead atoms. The van der Waals surface area contributed by atoms with E-state index in [1.807, 2.05) is 0 Å². The zero-order valence-corrected chi connectivity index (χ0v) is 14.9. The minimum absolute atomic E-state index is 0.0338. The highest BCUT2D eigenvalue weighted by Crippen LogP contribution is 2.33. The van der Waals surface area contributed by atoms with Crippen LogP contribution in [0.2, 0.25) is 0 Å². The molecule has 0 aliphatic heterocycles. The molecular weight excluding hydrogens is 379 g/mol. The summed E-state index contributed by atoms with van der Waals surface area (Å²) >= 11 is 1.06. The second-order valence-electron chi connectivity index (χ2n) is 5.75. The van der Waals surface area contributed by atoms with Gasteiger partial charge in [0.1, 0.15) is 22.2 Å². The van der Waals surface area contributed by atoms with Crippen LogP contribution in [0.3, 0.4) is 0 Å². The number of ether oxygens (including phenoxy) is 1. The molecule has 8 heteroatoms. The van der Waals surface area contributed by atoms with E-state index in [1.54, 1.807) is 19.1 Å². The number of hydrogen-bond acceptors (Lipinski definition) is 5. The monoisotopic (exact) mass is 393 g/mol. The first-order chi connectivity index (χ1) is 12.7. The molecule has 0 aliphatic rings. The van der Waals surface area contributed by atoms with E-state index in [0.29, 0.717) is 26.7 Å². The van der Waals surface area contributed by atoms with Gasteiger partial charge >= 0.3 is 12.1 Å². The molecule has 0 saturated heterocycles. The number of thiazole rings is 1. The van der Waals surface area contributed by atoms with Gasteiger partial charge in [-0.25, -0.2) is 9.78 Å². The van der Waals surface area contributed by atoms with Gasteiger partial charge in [0.15, 0.2) is 0 Å². The molecule has 3 aromatic rings. The number of benzene rings is 2. The fourth-order valence-electron chi connectivity index (χ4n) is 2.32. The number of rotatable bonds is 4. The first kappa shape index (κ1) is 18.9. The summed E-state index contributed by atoms with van der Waals surface area (Å²) in [6.45, 7) is 1.67. The summed E-state index contributed by atoms with van der Waals surface area (Å²) in [6, 6.07) is 10.9. The quantitative estimate of drug-likeness (QED) is 0.619. The van der Waals surface area contributed by atoms with Gasteiger partial charge < -0.3 is 9.84 Å². The van der Waals surface area contributed by atoms with Crippen molar-refractivity contribution in [2.45, 2.75) is 19.7 Å². The number of hydrogen-bond donors (Lipinski definition) is 1. The minimum Gasteiger partial charge on any atom is -0.508 e. The van der Waals surface area contributed by atoms with Crippen molar-refractivity contribution in [3.63, 3.8) is 0 Å². The average molecular weight is 393 g/mol. The fourth-order valence-corrected chi connectivity index (χ4v) is 3.28. The lowest BCUT2D eigenvalue weighted by Crippen LogP contribution is -2.04. The number of carbonyl (C=O) groups is 1. The van der Waals surface area contributed by atoms with Crippen LogP contribution in [0.15, 0.2) is 48.5 Å². The number of aromatic nitrogens is 1. The van der Waals surface area contributed by atoms with E-state index >= 15 is 0 Å². The molecule has 0 radical (unpaired) electrons. The highest BCUT2D eigenvalue weighted by Gasteiger charge is 2.30. The first-order valence-corrected chi connectivity index (χ1v) is 8.66. The van der Waals surface area contributed by atoms with Gasteiger partial charge in [0, 0.05) is 5.56 Å². The lowest BCUT2D eigenvalue weighted by atomic mass is 10.1. The Morgan fingerprint density at radius 2 is 1.74 bits per heavy atom. The Kier molecular flexibility index (Phi) is 5.18. The van der Waals surface area contributed by atoms with E-state index in [2.05, 4.69) is 4.98 Å². The Morgan fingerprint density at radius 1 is 1.11 bits per heavy atom. The molecule has 1 N–H and O–H groups in total. The molecule has 0 spiro atoms. The summed E-state index contributed by atoms with van der Waals surface area (Å²) in [6.07, 6.45) is -4.40. The van der Waals surface area contributed by atoms with E-state index < -0.39 is 17.7 Å². The molecule has 0 aliphatic carbocycles. The van der Waals surface area contributed by atoms with Gasteiger partial charge in [-0.15, -0.1) is 11.3 Å². The number of halogens is 3. The van der Waals surface area contributed by atoms with Crippen molar-refractivity contribution >= 4 is 17.3 Å². The first-order valence-electron chi connectivity index (χ1n) is 7.84. The molecule has 1 aromatic heterocycles. The molecule has 4 nitrogen and oxygen atoms in total. The molecule has 27 heavy (non-hydrogen) atoms. The van der Waals surface area contributed by atoms with Gasteiger partial charge in [-0.3, -0.25) is 0 Å². The van der Waals surface area contributed by atoms with Crippen LogP contribution in [0, 0.1) is 6.92 Å². The number of aromatic hydroxyl groups is 1. The molecule has 3 rings (SSSR count). The predicted octanol–water partition coefficient (Wildman–Crippen LogP) is 5.20. The van der Waals surface area contributed by atoms with Crippen molar-refractivity contribution in [1.29, 1.82) is 0 Å². The Hall–Kier alpha value is -2.87. The van der Waals surface area contributed by atoms with Crippen LogP contribution in [-0.2, 0) is 17.5 Å². The summed E-state index contributed by atoms with van der Waals surface area (Å²) in [5.41, 5.74) is 0.915. The van der Waals surface area contributed by atoms with Crippen molar-refractivity contribution < 1.29 is 27.8 Å². The van der Waals surface area contributed by atoms with Crippen LogP contribution < -0.4 is 0 Å². The Labute approximate surface area is 156 Å². The van der Waals surface area contributed by atoms with Crippen LogP contribution >= 0.6 is 11.3 Å². The molecule has 2 aromatic carbocycles. The number of carbonyl (C=O) groups excluding carboxylic acids is 1. The molecule has 1 heterocycles. The number of aryl methyl sites for hydroxylation is 1. The SMILES string of the molecule is Cc1nc(-c2ccc(C(F)(F)F)cc2)sc1C(=O)OCc1ccc(O)cc1. The van der Waals surface area contributed by atoms with Gasteiger partial charge in [0.25, 0.3) is 0 Å². The van der Waals surface area contributed by atoms with Crippen LogP contribution in [0.1, 0.15) is 26.5 Å². The Morgan fingerprint density at radius 3 is 2.33 bits per heavy atom. The van der Waals surface area contributed by atoms with Gasteiger partial charge in [-0.1, -0.05) is 24.3 Å². The molecule has 140 valence electrons.